The van der Waals surface area contributed by atoms with Gasteiger partial charge in [-0.05, 0) is 42.3 Å². The maximum absolute atomic E-state index is 6.73. The summed E-state index contributed by atoms with van der Waals surface area (Å²) in [6.07, 6.45) is 6.71. The van der Waals surface area contributed by atoms with Gasteiger partial charge >= 0.3 is 0 Å². The molecule has 188 valence electrons. The molecule has 1 aliphatic heterocycles. The fraction of sp³-hybridized carbons (Fsp3) is 0.846. The average Bonchev–Trinajstić information content (AvgIpc) is 2.92. The molecule has 0 aromatic carbocycles. The number of rotatable bonds is 10. The monoisotopic (exact) mass is 498 g/mol. The van der Waals surface area contributed by atoms with E-state index in [9.17, 15) is 0 Å². The first-order valence-corrected chi connectivity index (χ1v) is 22.0. The molecule has 0 radical (unpaired) electrons. The minimum Gasteiger partial charge on any atom is -0.416 e. The van der Waals surface area contributed by atoms with E-state index in [4.69, 9.17) is 13.6 Å². The van der Waals surface area contributed by atoms with E-state index in [1.54, 1.807) is 0 Å². The topological polar surface area (TPSA) is 27.7 Å². The molecule has 1 aliphatic rings. The average molecular weight is 499 g/mol. The highest BCUT2D eigenvalue weighted by Crippen LogP contribution is 2.42. The van der Waals surface area contributed by atoms with Crippen LogP contribution >= 0.6 is 0 Å². The van der Waals surface area contributed by atoms with Crippen LogP contribution in [0.1, 0.15) is 41.5 Å². The predicted molar refractivity (Wildman–Crippen MR) is 149 cm³/mol. The summed E-state index contributed by atoms with van der Waals surface area (Å²) in [6, 6.07) is 1.17. The molecule has 1 heterocycles. The Hall–Kier alpha value is 0.0106. The third kappa shape index (κ3) is 8.35. The summed E-state index contributed by atoms with van der Waals surface area (Å²) in [6.45, 7) is 35.9. The molecule has 3 nitrogen and oxygen atoms in total. The van der Waals surface area contributed by atoms with Crippen molar-refractivity contribution in [1.82, 2.24) is 0 Å². The van der Waals surface area contributed by atoms with Gasteiger partial charge in [0.25, 0.3) is 0 Å². The van der Waals surface area contributed by atoms with Gasteiger partial charge < -0.3 is 13.6 Å². The Morgan fingerprint density at radius 2 is 1.16 bits per heavy atom. The smallest absolute Gasteiger partial charge is 0.191 e. The van der Waals surface area contributed by atoms with Crippen molar-refractivity contribution in [3.05, 3.63) is 24.8 Å². The van der Waals surface area contributed by atoms with Crippen molar-refractivity contribution in [1.29, 1.82) is 0 Å². The first kappa shape index (κ1) is 30.0. The van der Waals surface area contributed by atoms with Crippen LogP contribution in [0.2, 0.25) is 61.9 Å². The molecule has 0 N–H and O–H groups in total. The molecular formula is C26H54O3Si3. The Bertz CT molecular complexity index is 636. The van der Waals surface area contributed by atoms with Gasteiger partial charge in [0.15, 0.2) is 16.6 Å². The van der Waals surface area contributed by atoms with Crippen LogP contribution in [-0.2, 0) is 13.6 Å². The number of allylic oxidation sites excluding steroid dienone is 1. The Morgan fingerprint density at radius 3 is 1.50 bits per heavy atom. The van der Waals surface area contributed by atoms with Crippen LogP contribution in [0.15, 0.2) is 24.8 Å². The second-order valence-corrected chi connectivity index (χ2v) is 29.1. The first-order valence-electron chi connectivity index (χ1n) is 12.4. The molecule has 0 unspecified atom stereocenters. The molecule has 4 atom stereocenters. The standard InChI is InChI=1S/C26H54O3Si3/c1-15-23-21(19-27-31(11,12)25(2,3)4)22(20-28-32(13,14)26(5,6)7)24(29-23)17-16-18-30(8,9)10/h15-17,21-24H,1,18-20H2,2-14H3/b17-16+/t21-,22+,23+,24-/m0/s1. The quantitative estimate of drug-likeness (QED) is 0.225. The second kappa shape index (κ2) is 10.7. The molecule has 1 fully saturated rings. The lowest BCUT2D eigenvalue weighted by molar-refractivity contribution is 0.0735. The van der Waals surface area contributed by atoms with Crippen molar-refractivity contribution in [3.8, 4) is 0 Å². The van der Waals surface area contributed by atoms with E-state index in [1.165, 1.54) is 6.04 Å². The second-order valence-electron chi connectivity index (χ2n) is 14.0. The zero-order chi connectivity index (χ0) is 25.2. The molecule has 0 bridgehead atoms. The number of ether oxygens (including phenoxy) is 1. The first-order chi connectivity index (χ1) is 14.2. The fourth-order valence-electron chi connectivity index (χ4n) is 3.32. The lowest BCUT2D eigenvalue weighted by atomic mass is 9.88. The molecule has 0 aromatic rings. The number of hydrogen-bond donors (Lipinski definition) is 0. The fourth-order valence-corrected chi connectivity index (χ4v) is 6.25. The van der Waals surface area contributed by atoms with Crippen molar-refractivity contribution in [2.75, 3.05) is 13.2 Å². The Kier molecular flexibility index (Phi) is 10.1. The van der Waals surface area contributed by atoms with Crippen LogP contribution in [0.4, 0.5) is 0 Å². The molecule has 0 saturated carbocycles. The summed E-state index contributed by atoms with van der Waals surface area (Å²) in [5, 5.41) is 0.389. The Labute approximate surface area is 203 Å². The van der Waals surface area contributed by atoms with E-state index >= 15 is 0 Å². The molecule has 32 heavy (non-hydrogen) atoms. The van der Waals surface area contributed by atoms with Crippen LogP contribution in [0.3, 0.4) is 0 Å². The molecule has 0 aliphatic carbocycles. The SMILES string of the molecule is C=C[C@H]1O[C@@H](/C=C/C[Si](C)(C)C)[C@H](CO[Si](C)(C)C(C)(C)C)[C@@H]1CO[Si](C)(C)C(C)(C)C. The van der Waals surface area contributed by atoms with Gasteiger partial charge in [-0.25, -0.2) is 0 Å². The van der Waals surface area contributed by atoms with E-state index in [-0.39, 0.29) is 34.1 Å². The maximum atomic E-state index is 6.73. The molecule has 0 spiro atoms. The van der Waals surface area contributed by atoms with E-state index in [0.29, 0.717) is 0 Å². The maximum Gasteiger partial charge on any atom is 0.191 e. The molecule has 1 saturated heterocycles. The summed E-state index contributed by atoms with van der Waals surface area (Å²) in [5.41, 5.74) is 0. The van der Waals surface area contributed by atoms with Crippen molar-refractivity contribution >= 4 is 24.7 Å². The van der Waals surface area contributed by atoms with Gasteiger partial charge in [-0.1, -0.05) is 79.4 Å². The Morgan fingerprint density at radius 1 is 0.750 bits per heavy atom. The van der Waals surface area contributed by atoms with Crippen molar-refractivity contribution in [2.45, 2.75) is 116 Å². The van der Waals surface area contributed by atoms with Crippen molar-refractivity contribution < 1.29 is 13.6 Å². The minimum atomic E-state index is -1.85. The highest BCUT2D eigenvalue weighted by molar-refractivity contribution is 6.76. The van der Waals surface area contributed by atoms with Crippen LogP contribution in [-0.4, -0.2) is 50.1 Å². The van der Waals surface area contributed by atoms with E-state index in [2.05, 4.69) is 106 Å². The molecule has 0 amide bonds. The third-order valence-electron chi connectivity index (χ3n) is 7.88. The highest BCUT2D eigenvalue weighted by atomic mass is 28.4. The van der Waals surface area contributed by atoms with E-state index < -0.39 is 24.7 Å². The van der Waals surface area contributed by atoms with Crippen LogP contribution in [0.5, 0.6) is 0 Å². The van der Waals surface area contributed by atoms with Gasteiger partial charge in [-0.3, -0.25) is 0 Å². The lowest BCUT2D eigenvalue weighted by Gasteiger charge is -2.39. The summed E-state index contributed by atoms with van der Waals surface area (Å²) in [7, 11) is -4.82. The Balaban J connectivity index is 3.13. The van der Waals surface area contributed by atoms with Gasteiger partial charge in [-0.15, -0.1) is 6.58 Å². The highest BCUT2D eigenvalue weighted by Gasteiger charge is 2.46. The summed E-state index contributed by atoms with van der Waals surface area (Å²) >= 11 is 0. The van der Waals surface area contributed by atoms with Crippen LogP contribution in [0.25, 0.3) is 0 Å². The summed E-state index contributed by atoms with van der Waals surface area (Å²) in [4.78, 5) is 0. The third-order valence-corrected chi connectivity index (χ3v) is 18.3. The summed E-state index contributed by atoms with van der Waals surface area (Å²) < 4.78 is 20.0. The van der Waals surface area contributed by atoms with E-state index in [1.807, 2.05) is 6.08 Å². The molecule has 1 rings (SSSR count). The minimum absolute atomic E-state index is 0.00863. The van der Waals surface area contributed by atoms with Gasteiger partial charge in [0.05, 0.1) is 12.2 Å². The zero-order valence-corrected chi connectivity index (χ0v) is 26.6. The predicted octanol–water partition coefficient (Wildman–Crippen LogP) is 8.11. The van der Waals surface area contributed by atoms with E-state index in [0.717, 1.165) is 13.2 Å². The molecular weight excluding hydrogens is 445 g/mol. The van der Waals surface area contributed by atoms with Crippen LogP contribution < -0.4 is 0 Å². The zero-order valence-electron chi connectivity index (χ0n) is 23.6. The summed E-state index contributed by atoms with van der Waals surface area (Å²) in [5.74, 6) is 0.558. The van der Waals surface area contributed by atoms with Gasteiger partial charge in [0, 0.05) is 33.1 Å². The normalized spacial score (nSPS) is 26.2. The van der Waals surface area contributed by atoms with Gasteiger partial charge in [-0.2, -0.15) is 0 Å². The van der Waals surface area contributed by atoms with Gasteiger partial charge in [0.1, 0.15) is 0 Å². The van der Waals surface area contributed by atoms with Crippen LogP contribution in [0, 0.1) is 11.8 Å². The van der Waals surface area contributed by atoms with Crippen molar-refractivity contribution in [2.24, 2.45) is 11.8 Å². The molecule has 6 heteroatoms. The van der Waals surface area contributed by atoms with Crippen molar-refractivity contribution in [3.63, 3.8) is 0 Å². The largest absolute Gasteiger partial charge is 0.416 e. The van der Waals surface area contributed by atoms with Gasteiger partial charge in [0.2, 0.25) is 0 Å². The molecule has 0 aromatic heterocycles. The number of hydrogen-bond acceptors (Lipinski definition) is 3. The lowest BCUT2D eigenvalue weighted by Crippen LogP contribution is -2.45.